The van der Waals surface area contributed by atoms with Gasteiger partial charge in [-0.05, 0) is 38.3 Å². The molecule has 1 saturated carbocycles. The third kappa shape index (κ3) is 5.36. The lowest BCUT2D eigenvalue weighted by atomic mass is 10.2. The first-order valence-corrected chi connectivity index (χ1v) is 10.7. The van der Waals surface area contributed by atoms with Crippen molar-refractivity contribution in [1.82, 2.24) is 14.7 Å². The van der Waals surface area contributed by atoms with Crippen LogP contribution in [0.1, 0.15) is 31.7 Å². The fourth-order valence-corrected chi connectivity index (χ4v) is 4.07. The van der Waals surface area contributed by atoms with Gasteiger partial charge in [-0.2, -0.15) is 5.10 Å². The average Bonchev–Trinajstić information content (AvgIpc) is 3.33. The molecule has 150 valence electrons. The Labute approximate surface area is 169 Å². The second-order valence-corrected chi connectivity index (χ2v) is 7.92. The quantitative estimate of drug-likeness (QED) is 0.664. The third-order valence-corrected chi connectivity index (χ3v) is 5.61. The molecule has 3 rings (SSSR count). The number of thioether (sulfide) groups is 1. The van der Waals surface area contributed by atoms with Crippen LogP contribution in [-0.4, -0.2) is 52.9 Å². The van der Waals surface area contributed by atoms with Crippen molar-refractivity contribution in [3.63, 3.8) is 0 Å². The molecule has 28 heavy (non-hydrogen) atoms. The van der Waals surface area contributed by atoms with Crippen LogP contribution >= 0.6 is 11.8 Å². The highest BCUT2D eigenvalue weighted by Gasteiger charge is 2.21. The normalized spacial score (nSPS) is 14.4. The lowest BCUT2D eigenvalue weighted by Crippen LogP contribution is -2.36. The van der Waals surface area contributed by atoms with E-state index in [-0.39, 0.29) is 24.9 Å². The van der Waals surface area contributed by atoms with Crippen LogP contribution in [0.5, 0.6) is 0 Å². The standard InChI is InChI=1S/C20H27N5O2S/c1-24(13-19(26)22-16-9-5-6-10-17(16)28-2)14-20(27)23-18-11-12-21-25(18)15-7-3-4-8-15/h5-6,9-12,15H,3-4,7-8,13-14H2,1-2H3,(H,22,26)(H,23,27). The first-order valence-electron chi connectivity index (χ1n) is 9.51. The Bertz CT molecular complexity index is 816. The fraction of sp³-hybridized carbons (Fsp3) is 0.450. The maximum Gasteiger partial charge on any atom is 0.239 e. The molecule has 1 heterocycles. The molecule has 0 atom stereocenters. The topological polar surface area (TPSA) is 79.3 Å². The van der Waals surface area contributed by atoms with Crippen molar-refractivity contribution in [2.75, 3.05) is 37.0 Å². The van der Waals surface area contributed by atoms with Crippen molar-refractivity contribution in [3.05, 3.63) is 36.5 Å². The number of nitrogens with one attached hydrogen (secondary N) is 2. The second-order valence-electron chi connectivity index (χ2n) is 7.07. The molecule has 2 N–H and O–H groups in total. The summed E-state index contributed by atoms with van der Waals surface area (Å²) in [6.07, 6.45) is 8.29. The Kier molecular flexibility index (Phi) is 7.11. The van der Waals surface area contributed by atoms with E-state index in [1.807, 2.05) is 41.3 Å². The lowest BCUT2D eigenvalue weighted by molar-refractivity contribution is -0.119. The second kappa shape index (κ2) is 9.75. The number of hydrogen-bond acceptors (Lipinski definition) is 5. The number of anilines is 2. The Morgan fingerprint density at radius 2 is 1.82 bits per heavy atom. The molecule has 0 radical (unpaired) electrons. The van der Waals surface area contributed by atoms with Gasteiger partial charge in [0.25, 0.3) is 0 Å². The zero-order valence-electron chi connectivity index (χ0n) is 16.4. The number of nitrogens with zero attached hydrogens (tertiary/aromatic N) is 3. The summed E-state index contributed by atoms with van der Waals surface area (Å²) >= 11 is 1.58. The zero-order valence-corrected chi connectivity index (χ0v) is 17.2. The van der Waals surface area contributed by atoms with Crippen molar-refractivity contribution in [2.24, 2.45) is 0 Å². The number of amides is 2. The summed E-state index contributed by atoms with van der Waals surface area (Å²) in [5, 5.41) is 10.2. The molecular weight excluding hydrogens is 374 g/mol. The van der Waals surface area contributed by atoms with Crippen molar-refractivity contribution >= 4 is 35.1 Å². The minimum absolute atomic E-state index is 0.132. The van der Waals surface area contributed by atoms with E-state index in [1.165, 1.54) is 12.8 Å². The van der Waals surface area contributed by atoms with Crippen molar-refractivity contribution in [2.45, 2.75) is 36.6 Å². The van der Waals surface area contributed by atoms with E-state index in [2.05, 4.69) is 15.7 Å². The molecule has 8 heteroatoms. The zero-order chi connectivity index (χ0) is 19.9. The van der Waals surface area contributed by atoms with Crippen LogP contribution in [0.2, 0.25) is 0 Å². The number of carbonyl (C=O) groups is 2. The van der Waals surface area contributed by atoms with E-state index in [0.717, 1.165) is 29.2 Å². The van der Waals surface area contributed by atoms with Gasteiger partial charge in [-0.25, -0.2) is 4.68 Å². The maximum absolute atomic E-state index is 12.4. The third-order valence-electron chi connectivity index (χ3n) is 4.82. The Hall–Kier alpha value is -2.32. The molecule has 1 aliphatic rings. The number of carbonyl (C=O) groups excluding carboxylic acids is 2. The molecule has 1 aliphatic carbocycles. The fourth-order valence-electron chi connectivity index (χ4n) is 3.52. The largest absolute Gasteiger partial charge is 0.324 e. The van der Waals surface area contributed by atoms with E-state index in [4.69, 9.17) is 0 Å². The maximum atomic E-state index is 12.4. The number of hydrogen-bond donors (Lipinski definition) is 2. The molecule has 1 aromatic heterocycles. The predicted octanol–water partition coefficient (Wildman–Crippen LogP) is 3.23. The van der Waals surface area contributed by atoms with E-state index in [1.54, 1.807) is 29.9 Å². The van der Waals surface area contributed by atoms with Crippen LogP contribution in [0.4, 0.5) is 11.5 Å². The summed E-state index contributed by atoms with van der Waals surface area (Å²) in [6.45, 7) is 0.269. The number of rotatable bonds is 8. The molecule has 0 bridgehead atoms. The van der Waals surface area contributed by atoms with Crippen LogP contribution < -0.4 is 10.6 Å². The van der Waals surface area contributed by atoms with Crippen molar-refractivity contribution in [1.29, 1.82) is 0 Å². The highest BCUT2D eigenvalue weighted by Crippen LogP contribution is 2.31. The van der Waals surface area contributed by atoms with E-state index >= 15 is 0 Å². The predicted molar refractivity (Wildman–Crippen MR) is 113 cm³/mol. The lowest BCUT2D eigenvalue weighted by Gasteiger charge is -2.18. The molecule has 0 aliphatic heterocycles. The van der Waals surface area contributed by atoms with Crippen LogP contribution in [0, 0.1) is 0 Å². The van der Waals surface area contributed by atoms with Gasteiger partial charge < -0.3 is 10.6 Å². The molecule has 1 aromatic carbocycles. The van der Waals surface area contributed by atoms with E-state index in [9.17, 15) is 9.59 Å². The molecule has 0 unspecified atom stereocenters. The minimum Gasteiger partial charge on any atom is -0.324 e. The smallest absolute Gasteiger partial charge is 0.239 e. The first-order chi connectivity index (χ1) is 13.6. The Morgan fingerprint density at radius 1 is 1.14 bits per heavy atom. The summed E-state index contributed by atoms with van der Waals surface area (Å²) in [4.78, 5) is 27.4. The molecule has 0 spiro atoms. The van der Waals surface area contributed by atoms with Gasteiger partial charge in [0, 0.05) is 11.0 Å². The highest BCUT2D eigenvalue weighted by atomic mass is 32.2. The number of aromatic nitrogens is 2. The number of likely N-dealkylation sites (N-methyl/N-ethyl adjacent to an activating group) is 1. The summed E-state index contributed by atoms with van der Waals surface area (Å²) in [5.41, 5.74) is 0.790. The summed E-state index contributed by atoms with van der Waals surface area (Å²) in [7, 11) is 1.76. The first kappa shape index (κ1) is 20.4. The van der Waals surface area contributed by atoms with Gasteiger partial charge in [-0.15, -0.1) is 11.8 Å². The highest BCUT2D eigenvalue weighted by molar-refractivity contribution is 7.98. The average molecular weight is 402 g/mol. The van der Waals surface area contributed by atoms with Crippen LogP contribution in [-0.2, 0) is 9.59 Å². The minimum atomic E-state index is -0.153. The van der Waals surface area contributed by atoms with Gasteiger partial charge in [0.1, 0.15) is 5.82 Å². The van der Waals surface area contributed by atoms with Gasteiger partial charge in [0.15, 0.2) is 0 Å². The van der Waals surface area contributed by atoms with Crippen LogP contribution in [0.15, 0.2) is 41.4 Å². The Morgan fingerprint density at radius 3 is 2.54 bits per heavy atom. The van der Waals surface area contributed by atoms with Gasteiger partial charge in [-0.3, -0.25) is 14.5 Å². The monoisotopic (exact) mass is 401 g/mol. The van der Waals surface area contributed by atoms with Crippen LogP contribution in [0.25, 0.3) is 0 Å². The summed E-state index contributed by atoms with van der Waals surface area (Å²) < 4.78 is 1.91. The number of benzene rings is 1. The summed E-state index contributed by atoms with van der Waals surface area (Å²) in [6, 6.07) is 9.85. The Balaban J connectivity index is 1.49. The van der Waals surface area contributed by atoms with Crippen molar-refractivity contribution < 1.29 is 9.59 Å². The SMILES string of the molecule is CSc1ccccc1NC(=O)CN(C)CC(=O)Nc1ccnn1C1CCCC1. The molecule has 2 aromatic rings. The molecule has 2 amide bonds. The molecule has 1 fully saturated rings. The van der Waals surface area contributed by atoms with Gasteiger partial charge in [0.05, 0.1) is 31.0 Å². The summed E-state index contributed by atoms with van der Waals surface area (Å²) in [5.74, 6) is 0.427. The van der Waals surface area contributed by atoms with Gasteiger partial charge >= 0.3 is 0 Å². The number of para-hydroxylation sites is 1. The van der Waals surface area contributed by atoms with Gasteiger partial charge in [-0.1, -0.05) is 25.0 Å². The molecular formula is C20H27N5O2S. The van der Waals surface area contributed by atoms with E-state index in [0.29, 0.717) is 6.04 Å². The van der Waals surface area contributed by atoms with Crippen LogP contribution in [0.3, 0.4) is 0 Å². The molecule has 7 nitrogen and oxygen atoms in total. The van der Waals surface area contributed by atoms with Crippen molar-refractivity contribution in [3.8, 4) is 0 Å². The van der Waals surface area contributed by atoms with E-state index < -0.39 is 0 Å². The van der Waals surface area contributed by atoms with Gasteiger partial charge in [0.2, 0.25) is 11.8 Å². The molecule has 0 saturated heterocycles.